The Labute approximate surface area is 195 Å². The maximum Gasteiger partial charge on any atom is 0.416 e. The lowest BCUT2D eigenvalue weighted by molar-refractivity contribution is -0.168. The molecule has 2 saturated carbocycles. The number of aliphatic hydroxyl groups is 1. The molecule has 1 saturated heterocycles. The summed E-state index contributed by atoms with van der Waals surface area (Å²) >= 11 is 0. The molecule has 2 aliphatic carbocycles. The zero-order chi connectivity index (χ0) is 23.7. The normalized spacial score (nSPS) is 30.0. The lowest BCUT2D eigenvalue weighted by Gasteiger charge is -2.34. The molecule has 0 bridgehead atoms. The van der Waals surface area contributed by atoms with Gasteiger partial charge in [-0.2, -0.15) is 13.2 Å². The molecule has 2 aliphatic heterocycles. The van der Waals surface area contributed by atoms with Crippen LogP contribution in [0, 0.1) is 5.92 Å². The van der Waals surface area contributed by atoms with Gasteiger partial charge in [-0.25, -0.2) is 0 Å². The number of fused-ring (bicyclic) bond motifs is 2. The van der Waals surface area contributed by atoms with Gasteiger partial charge in [-0.05, 0) is 67.0 Å². The van der Waals surface area contributed by atoms with E-state index in [9.17, 15) is 23.1 Å². The largest absolute Gasteiger partial charge is 0.489 e. The van der Waals surface area contributed by atoms with Gasteiger partial charge in [0, 0.05) is 17.2 Å². The second kappa shape index (κ2) is 7.38. The molecule has 2 aromatic rings. The van der Waals surface area contributed by atoms with Gasteiger partial charge in [0.25, 0.3) is 0 Å². The molecule has 6 rings (SSSR count). The third kappa shape index (κ3) is 3.14. The SMILES string of the molecule is O=C1CC2CCC3(O)c4cc(OCc5ccc(C6CCCC6)c(C(F)(F)F)c5)ccc4NC23O1. The number of anilines is 1. The van der Waals surface area contributed by atoms with Gasteiger partial charge in [-0.3, -0.25) is 4.79 Å². The summed E-state index contributed by atoms with van der Waals surface area (Å²) in [6.07, 6.45) is 0.485. The number of rotatable bonds is 4. The average molecular weight is 473 g/mol. The molecular weight excluding hydrogens is 447 g/mol. The number of nitrogens with one attached hydrogen (secondary N) is 1. The standard InChI is InChI=1S/C26H26F3NO4/c27-26(28,29)20-11-15(5-7-19(20)16-3-1-2-4-16)14-33-18-6-8-22-21(13-18)24(32)10-9-17-12-23(31)34-25(17,24)30-22/h5-8,11,13,16-17,30,32H,1-4,9-10,12,14H2. The molecular formula is C26H26F3NO4. The fourth-order valence-electron chi connectivity index (χ4n) is 6.47. The van der Waals surface area contributed by atoms with Gasteiger partial charge in [0.05, 0.1) is 12.0 Å². The Morgan fingerprint density at radius 1 is 1.12 bits per heavy atom. The number of benzene rings is 2. The smallest absolute Gasteiger partial charge is 0.416 e. The third-order valence-electron chi connectivity index (χ3n) is 8.11. The minimum Gasteiger partial charge on any atom is -0.489 e. The highest BCUT2D eigenvalue weighted by atomic mass is 19.4. The van der Waals surface area contributed by atoms with Gasteiger partial charge < -0.3 is 19.9 Å². The Morgan fingerprint density at radius 2 is 1.91 bits per heavy atom. The van der Waals surface area contributed by atoms with Gasteiger partial charge in [0.15, 0.2) is 5.60 Å². The summed E-state index contributed by atoms with van der Waals surface area (Å²) in [6.45, 7) is -0.0264. The Balaban J connectivity index is 1.24. The van der Waals surface area contributed by atoms with Crippen LogP contribution in [0.4, 0.5) is 18.9 Å². The molecule has 2 N–H and O–H groups in total. The summed E-state index contributed by atoms with van der Waals surface area (Å²) in [5.74, 6) is -0.0432. The topological polar surface area (TPSA) is 67.8 Å². The quantitative estimate of drug-likeness (QED) is 0.565. The molecule has 0 radical (unpaired) electrons. The highest BCUT2D eigenvalue weighted by Gasteiger charge is 2.70. The van der Waals surface area contributed by atoms with Crippen LogP contribution < -0.4 is 10.1 Å². The van der Waals surface area contributed by atoms with Crippen molar-refractivity contribution in [1.82, 2.24) is 0 Å². The zero-order valence-electron chi connectivity index (χ0n) is 18.6. The van der Waals surface area contributed by atoms with Gasteiger partial charge in [0.2, 0.25) is 5.72 Å². The molecule has 0 amide bonds. The molecule has 3 fully saturated rings. The van der Waals surface area contributed by atoms with Crippen molar-refractivity contribution in [3.63, 3.8) is 0 Å². The molecule has 3 unspecified atom stereocenters. The van der Waals surface area contributed by atoms with E-state index in [0.29, 0.717) is 41.0 Å². The maximum atomic E-state index is 13.8. The Morgan fingerprint density at radius 3 is 2.68 bits per heavy atom. The average Bonchev–Trinajstić information content (AvgIpc) is 3.53. The van der Waals surface area contributed by atoms with E-state index >= 15 is 0 Å². The Hall–Kier alpha value is -2.74. The maximum absolute atomic E-state index is 13.8. The minimum absolute atomic E-state index is 0.0264. The van der Waals surface area contributed by atoms with Gasteiger partial charge >= 0.3 is 12.1 Å². The van der Waals surface area contributed by atoms with Crippen LogP contribution in [0.2, 0.25) is 0 Å². The molecule has 4 aliphatic rings. The Kier molecular flexibility index (Phi) is 4.72. The first kappa shape index (κ1) is 21.8. The summed E-state index contributed by atoms with van der Waals surface area (Å²) in [7, 11) is 0. The van der Waals surface area contributed by atoms with Crippen LogP contribution in [0.1, 0.15) is 73.1 Å². The molecule has 8 heteroatoms. The van der Waals surface area contributed by atoms with Crippen molar-refractivity contribution in [2.24, 2.45) is 5.92 Å². The first-order valence-electron chi connectivity index (χ1n) is 11.9. The number of ether oxygens (including phenoxy) is 2. The van der Waals surface area contributed by atoms with E-state index in [1.165, 1.54) is 6.07 Å². The van der Waals surface area contributed by atoms with Crippen molar-refractivity contribution in [3.05, 3.63) is 58.7 Å². The lowest BCUT2D eigenvalue weighted by atomic mass is 9.87. The van der Waals surface area contributed by atoms with Crippen molar-refractivity contribution < 1.29 is 32.5 Å². The number of carbonyl (C=O) groups excluding carboxylic acids is 1. The number of hydrogen-bond acceptors (Lipinski definition) is 5. The van der Waals surface area contributed by atoms with Crippen LogP contribution in [-0.2, 0) is 27.9 Å². The summed E-state index contributed by atoms with van der Waals surface area (Å²) < 4.78 is 52.8. The molecule has 1 spiro atoms. The fraction of sp³-hybridized carbons (Fsp3) is 0.500. The van der Waals surface area contributed by atoms with Gasteiger partial charge in [-0.1, -0.05) is 25.0 Å². The van der Waals surface area contributed by atoms with E-state index in [1.54, 1.807) is 30.3 Å². The summed E-state index contributed by atoms with van der Waals surface area (Å²) in [4.78, 5) is 11.9. The lowest BCUT2D eigenvalue weighted by Crippen LogP contribution is -2.51. The van der Waals surface area contributed by atoms with Crippen LogP contribution in [-0.4, -0.2) is 16.8 Å². The summed E-state index contributed by atoms with van der Waals surface area (Å²) in [5, 5.41) is 14.7. The van der Waals surface area contributed by atoms with Crippen LogP contribution in [0.25, 0.3) is 0 Å². The van der Waals surface area contributed by atoms with Crippen molar-refractivity contribution >= 4 is 11.7 Å². The van der Waals surface area contributed by atoms with E-state index in [0.717, 1.165) is 25.7 Å². The van der Waals surface area contributed by atoms with Crippen molar-refractivity contribution in [1.29, 1.82) is 0 Å². The summed E-state index contributed by atoms with van der Waals surface area (Å²) in [6, 6.07) is 9.66. The number of esters is 1. The van der Waals surface area contributed by atoms with Crippen LogP contribution in [0.5, 0.6) is 5.75 Å². The zero-order valence-corrected chi connectivity index (χ0v) is 18.6. The Bertz CT molecular complexity index is 1160. The van der Waals surface area contributed by atoms with Crippen LogP contribution in [0.3, 0.4) is 0 Å². The van der Waals surface area contributed by atoms with E-state index in [1.807, 2.05) is 0 Å². The monoisotopic (exact) mass is 473 g/mol. The molecule has 2 heterocycles. The van der Waals surface area contributed by atoms with E-state index < -0.39 is 23.1 Å². The molecule has 180 valence electrons. The number of hydrogen-bond donors (Lipinski definition) is 2. The number of carbonyl (C=O) groups is 1. The second-order valence-corrected chi connectivity index (χ2v) is 10.0. The van der Waals surface area contributed by atoms with Crippen molar-refractivity contribution in [3.8, 4) is 5.75 Å². The second-order valence-electron chi connectivity index (χ2n) is 10.0. The van der Waals surface area contributed by atoms with Gasteiger partial charge in [0.1, 0.15) is 12.4 Å². The van der Waals surface area contributed by atoms with Crippen LogP contribution >= 0.6 is 0 Å². The van der Waals surface area contributed by atoms with Crippen molar-refractivity contribution in [2.45, 2.75) is 75.0 Å². The molecule has 5 nitrogen and oxygen atoms in total. The highest BCUT2D eigenvalue weighted by molar-refractivity contribution is 5.77. The summed E-state index contributed by atoms with van der Waals surface area (Å²) in [5.41, 5.74) is -0.993. The number of alkyl halides is 3. The first-order valence-corrected chi connectivity index (χ1v) is 11.9. The fourth-order valence-corrected chi connectivity index (χ4v) is 6.47. The minimum atomic E-state index is -4.41. The van der Waals surface area contributed by atoms with E-state index in [2.05, 4.69) is 5.32 Å². The first-order chi connectivity index (χ1) is 16.2. The molecule has 0 aromatic heterocycles. The molecule has 2 aromatic carbocycles. The predicted octanol–water partition coefficient (Wildman–Crippen LogP) is 5.61. The predicted molar refractivity (Wildman–Crippen MR) is 117 cm³/mol. The van der Waals surface area contributed by atoms with Crippen molar-refractivity contribution in [2.75, 3.05) is 5.32 Å². The molecule has 3 atom stereocenters. The number of halogens is 3. The highest BCUT2D eigenvalue weighted by Crippen LogP contribution is 2.62. The van der Waals surface area contributed by atoms with Gasteiger partial charge in [-0.15, -0.1) is 0 Å². The molecule has 34 heavy (non-hydrogen) atoms. The van der Waals surface area contributed by atoms with E-state index in [-0.39, 0.29) is 30.8 Å². The van der Waals surface area contributed by atoms with E-state index in [4.69, 9.17) is 9.47 Å². The third-order valence-corrected chi connectivity index (χ3v) is 8.11. The van der Waals surface area contributed by atoms with Crippen LogP contribution in [0.15, 0.2) is 36.4 Å².